The molecule has 0 bridgehead atoms. The Balaban J connectivity index is 2.03. The lowest BCUT2D eigenvalue weighted by Crippen LogP contribution is -2.31. The Morgan fingerprint density at radius 1 is 1.41 bits per heavy atom. The van der Waals surface area contributed by atoms with E-state index in [1.54, 1.807) is 18.2 Å². The van der Waals surface area contributed by atoms with Crippen LogP contribution in [0.2, 0.25) is 0 Å². The standard InChI is InChI=1S/C17H23F2NO2/c1-11(2)6-9-16(21)20-15-5-3-4-12-10-13(22-17(18)19)7-8-14(12)15/h7-8,10-11,15,17H,3-6,9H2,1-2H3,(H,20,21). The van der Waals surface area contributed by atoms with Gasteiger partial charge in [0.15, 0.2) is 0 Å². The third-order valence-electron chi connectivity index (χ3n) is 3.94. The van der Waals surface area contributed by atoms with Crippen molar-refractivity contribution >= 4 is 5.91 Å². The molecule has 0 aliphatic heterocycles. The van der Waals surface area contributed by atoms with E-state index >= 15 is 0 Å². The van der Waals surface area contributed by atoms with E-state index in [4.69, 9.17) is 0 Å². The SMILES string of the molecule is CC(C)CCC(=O)NC1CCCc2cc(OC(F)F)ccc21. The van der Waals surface area contributed by atoms with Crippen LogP contribution in [0.3, 0.4) is 0 Å². The van der Waals surface area contributed by atoms with Gasteiger partial charge in [0.05, 0.1) is 6.04 Å². The number of benzene rings is 1. The maximum absolute atomic E-state index is 12.3. The average molecular weight is 311 g/mol. The smallest absolute Gasteiger partial charge is 0.387 e. The second-order valence-corrected chi connectivity index (χ2v) is 6.18. The van der Waals surface area contributed by atoms with Crippen molar-refractivity contribution in [3.05, 3.63) is 29.3 Å². The van der Waals surface area contributed by atoms with Crippen LogP contribution in [0.4, 0.5) is 8.78 Å². The Bertz CT molecular complexity index is 517. The number of nitrogens with one attached hydrogen (secondary N) is 1. The van der Waals surface area contributed by atoms with Gasteiger partial charge in [-0.1, -0.05) is 19.9 Å². The molecule has 0 fully saturated rings. The molecule has 0 spiro atoms. The average Bonchev–Trinajstić information content (AvgIpc) is 2.44. The number of carbonyl (C=O) groups is 1. The fourth-order valence-electron chi connectivity index (χ4n) is 2.80. The van der Waals surface area contributed by atoms with Gasteiger partial charge in [0.2, 0.25) is 5.91 Å². The van der Waals surface area contributed by atoms with Gasteiger partial charge in [0.25, 0.3) is 0 Å². The Morgan fingerprint density at radius 3 is 2.86 bits per heavy atom. The van der Waals surface area contributed by atoms with Crippen LogP contribution < -0.4 is 10.1 Å². The van der Waals surface area contributed by atoms with E-state index in [9.17, 15) is 13.6 Å². The second-order valence-electron chi connectivity index (χ2n) is 6.18. The van der Waals surface area contributed by atoms with Crippen LogP contribution in [0.5, 0.6) is 5.75 Å². The van der Waals surface area contributed by atoms with Gasteiger partial charge in [0, 0.05) is 6.42 Å². The van der Waals surface area contributed by atoms with Crippen molar-refractivity contribution in [3.8, 4) is 5.75 Å². The molecule has 1 unspecified atom stereocenters. The van der Waals surface area contributed by atoms with E-state index in [1.165, 1.54) is 0 Å². The van der Waals surface area contributed by atoms with Gasteiger partial charge in [-0.05, 0) is 54.9 Å². The molecule has 1 amide bonds. The highest BCUT2D eigenvalue weighted by atomic mass is 19.3. The van der Waals surface area contributed by atoms with Crippen molar-refractivity contribution in [1.29, 1.82) is 0 Å². The maximum atomic E-state index is 12.3. The highest BCUT2D eigenvalue weighted by molar-refractivity contribution is 5.76. The van der Waals surface area contributed by atoms with Gasteiger partial charge in [0.1, 0.15) is 5.75 Å². The first-order chi connectivity index (χ1) is 10.5. The molecule has 0 saturated heterocycles. The molecule has 0 radical (unpaired) electrons. The fourth-order valence-corrected chi connectivity index (χ4v) is 2.80. The van der Waals surface area contributed by atoms with Crippen LogP contribution in [0.15, 0.2) is 18.2 Å². The summed E-state index contributed by atoms with van der Waals surface area (Å²) in [6.07, 6.45) is 4.03. The normalized spacial score (nSPS) is 17.5. The quantitative estimate of drug-likeness (QED) is 0.854. The van der Waals surface area contributed by atoms with E-state index in [0.717, 1.165) is 36.8 Å². The van der Waals surface area contributed by atoms with Crippen molar-refractivity contribution in [2.45, 2.75) is 58.6 Å². The van der Waals surface area contributed by atoms with Crippen LogP contribution in [0.25, 0.3) is 0 Å². The molecule has 0 aromatic heterocycles. The minimum atomic E-state index is -2.81. The summed E-state index contributed by atoms with van der Waals surface area (Å²) in [6.45, 7) is 1.37. The number of carbonyl (C=O) groups excluding carboxylic acids is 1. The number of rotatable bonds is 6. The van der Waals surface area contributed by atoms with Gasteiger partial charge in [-0.2, -0.15) is 8.78 Å². The zero-order chi connectivity index (χ0) is 16.1. The van der Waals surface area contributed by atoms with E-state index in [-0.39, 0.29) is 17.7 Å². The summed E-state index contributed by atoms with van der Waals surface area (Å²) >= 11 is 0. The van der Waals surface area contributed by atoms with Gasteiger partial charge in [-0.25, -0.2) is 0 Å². The molecule has 5 heteroatoms. The van der Waals surface area contributed by atoms with Crippen molar-refractivity contribution in [2.24, 2.45) is 5.92 Å². The summed E-state index contributed by atoms with van der Waals surface area (Å²) < 4.78 is 29.0. The van der Waals surface area contributed by atoms with Crippen molar-refractivity contribution < 1.29 is 18.3 Å². The molecular formula is C17H23F2NO2. The molecule has 1 aliphatic rings. The molecule has 122 valence electrons. The van der Waals surface area contributed by atoms with Crippen molar-refractivity contribution in [2.75, 3.05) is 0 Å². The van der Waals surface area contributed by atoms with Crippen LogP contribution in [-0.4, -0.2) is 12.5 Å². The number of hydrogen-bond donors (Lipinski definition) is 1. The van der Waals surface area contributed by atoms with Gasteiger partial charge in [-0.3, -0.25) is 4.79 Å². The Hall–Kier alpha value is -1.65. The summed E-state index contributed by atoms with van der Waals surface area (Å²) in [5.74, 6) is 0.735. The zero-order valence-corrected chi connectivity index (χ0v) is 13.1. The van der Waals surface area contributed by atoms with Gasteiger partial charge in [-0.15, -0.1) is 0 Å². The Labute approximate surface area is 130 Å². The van der Waals surface area contributed by atoms with E-state index < -0.39 is 6.61 Å². The Morgan fingerprint density at radius 2 is 2.18 bits per heavy atom. The molecule has 2 rings (SSSR count). The van der Waals surface area contributed by atoms with E-state index in [0.29, 0.717) is 12.3 Å². The van der Waals surface area contributed by atoms with Crippen LogP contribution in [0.1, 0.15) is 56.7 Å². The third kappa shape index (κ3) is 4.68. The van der Waals surface area contributed by atoms with Crippen LogP contribution >= 0.6 is 0 Å². The number of amides is 1. The lowest BCUT2D eigenvalue weighted by Gasteiger charge is -2.27. The predicted molar refractivity (Wildman–Crippen MR) is 81.0 cm³/mol. The second kappa shape index (κ2) is 7.56. The summed E-state index contributed by atoms with van der Waals surface area (Å²) in [4.78, 5) is 12.0. The summed E-state index contributed by atoms with van der Waals surface area (Å²) in [5.41, 5.74) is 2.00. The van der Waals surface area contributed by atoms with Crippen molar-refractivity contribution in [3.63, 3.8) is 0 Å². The van der Waals surface area contributed by atoms with Crippen LogP contribution in [-0.2, 0) is 11.2 Å². The number of alkyl halides is 2. The molecule has 3 nitrogen and oxygen atoms in total. The number of halogens is 2. The zero-order valence-electron chi connectivity index (χ0n) is 13.1. The first kappa shape index (κ1) is 16.7. The minimum Gasteiger partial charge on any atom is -0.435 e. The fraction of sp³-hybridized carbons (Fsp3) is 0.588. The summed E-state index contributed by atoms with van der Waals surface area (Å²) in [6, 6.07) is 4.97. The third-order valence-corrected chi connectivity index (χ3v) is 3.94. The maximum Gasteiger partial charge on any atom is 0.387 e. The number of fused-ring (bicyclic) bond motifs is 1. The van der Waals surface area contributed by atoms with E-state index in [1.807, 2.05) is 0 Å². The van der Waals surface area contributed by atoms with Crippen LogP contribution in [0, 0.1) is 5.92 Å². The molecule has 22 heavy (non-hydrogen) atoms. The summed E-state index contributed by atoms with van der Waals surface area (Å²) in [5, 5.41) is 3.06. The van der Waals surface area contributed by atoms with Gasteiger partial charge >= 0.3 is 6.61 Å². The predicted octanol–water partition coefficient (Wildman–Crippen LogP) is 4.22. The first-order valence-corrected chi connectivity index (χ1v) is 7.82. The molecule has 1 atom stereocenters. The van der Waals surface area contributed by atoms with E-state index in [2.05, 4.69) is 23.9 Å². The molecule has 1 aromatic rings. The topological polar surface area (TPSA) is 38.3 Å². The molecule has 1 N–H and O–H groups in total. The Kier molecular flexibility index (Phi) is 5.75. The molecule has 1 aromatic carbocycles. The lowest BCUT2D eigenvalue weighted by molar-refractivity contribution is -0.122. The monoisotopic (exact) mass is 311 g/mol. The minimum absolute atomic E-state index is 0.0241. The number of aryl methyl sites for hydroxylation is 1. The number of hydrogen-bond acceptors (Lipinski definition) is 2. The lowest BCUT2D eigenvalue weighted by atomic mass is 9.87. The first-order valence-electron chi connectivity index (χ1n) is 7.82. The highest BCUT2D eigenvalue weighted by Gasteiger charge is 2.22. The largest absolute Gasteiger partial charge is 0.435 e. The van der Waals surface area contributed by atoms with Gasteiger partial charge < -0.3 is 10.1 Å². The highest BCUT2D eigenvalue weighted by Crippen LogP contribution is 2.32. The molecular weight excluding hydrogens is 288 g/mol. The molecule has 1 aliphatic carbocycles. The molecule has 0 heterocycles. The molecule has 0 saturated carbocycles. The number of ether oxygens (including phenoxy) is 1. The summed E-state index contributed by atoms with van der Waals surface area (Å²) in [7, 11) is 0. The van der Waals surface area contributed by atoms with Crippen molar-refractivity contribution in [1.82, 2.24) is 5.32 Å².